The number of benzene rings is 1. The highest BCUT2D eigenvalue weighted by atomic mass is 32.1. The highest BCUT2D eigenvalue weighted by Gasteiger charge is 2.36. The Morgan fingerprint density at radius 3 is 2.72 bits per heavy atom. The van der Waals surface area contributed by atoms with Gasteiger partial charge >= 0.3 is 6.09 Å². The van der Waals surface area contributed by atoms with Crippen LogP contribution in [0.5, 0.6) is 0 Å². The highest BCUT2D eigenvalue weighted by molar-refractivity contribution is 7.80. The quantitative estimate of drug-likeness (QED) is 0.359. The molecule has 2 unspecified atom stereocenters. The summed E-state index contributed by atoms with van der Waals surface area (Å²) in [4.78, 5) is 29.6. The molecule has 32 heavy (non-hydrogen) atoms. The normalized spacial score (nSPS) is 17.5. The van der Waals surface area contributed by atoms with Gasteiger partial charge in [0.2, 0.25) is 0 Å². The van der Waals surface area contributed by atoms with E-state index in [1.807, 2.05) is 0 Å². The van der Waals surface area contributed by atoms with Crippen molar-refractivity contribution < 1.29 is 28.2 Å². The lowest BCUT2D eigenvalue weighted by atomic mass is 10.1. The fourth-order valence-corrected chi connectivity index (χ4v) is 3.83. The van der Waals surface area contributed by atoms with Crippen LogP contribution in [0.15, 0.2) is 23.6 Å². The summed E-state index contributed by atoms with van der Waals surface area (Å²) in [6.07, 6.45) is -1.34. The van der Waals surface area contributed by atoms with E-state index in [1.165, 1.54) is 17.9 Å². The maximum Gasteiger partial charge on any atom is 0.410 e. The van der Waals surface area contributed by atoms with Gasteiger partial charge in [-0.2, -0.15) is 0 Å². The van der Waals surface area contributed by atoms with Gasteiger partial charge < -0.3 is 15.2 Å². The molecule has 1 aliphatic rings. The van der Waals surface area contributed by atoms with Crippen LogP contribution in [0.2, 0.25) is 0 Å². The summed E-state index contributed by atoms with van der Waals surface area (Å²) in [5.41, 5.74) is 3.35. The Hall–Kier alpha value is -2.90. The molecule has 0 spiro atoms. The van der Waals surface area contributed by atoms with E-state index in [-0.39, 0.29) is 35.3 Å². The molecule has 3 rings (SSSR count). The summed E-state index contributed by atoms with van der Waals surface area (Å²) >= 11 is 6.21. The van der Waals surface area contributed by atoms with Crippen LogP contribution in [0.4, 0.5) is 13.6 Å². The first kappa shape index (κ1) is 23.8. The van der Waals surface area contributed by atoms with E-state index in [4.69, 9.17) is 17.0 Å². The molecule has 0 saturated carbocycles. The van der Waals surface area contributed by atoms with Crippen LogP contribution in [0.3, 0.4) is 0 Å². The third kappa shape index (κ3) is 5.47. The summed E-state index contributed by atoms with van der Waals surface area (Å²) in [7, 11) is 0. The minimum Gasteiger partial charge on any atom is -0.442 e. The van der Waals surface area contributed by atoms with E-state index >= 15 is 0 Å². The standard InChI is InChI=1S/C19H21F2N5O4S2/c1-10-9-32-16(23-10)19(2,29)15(27)24-25-17(31)22-6-11-7-26(18(28)30-11)8-12-13(20)4-3-5-14(12)21/h3-5,9,11,29H,6-8H2,1-2H3,(H,24,27)(H2,22,25,31). The molecular formula is C19H21F2N5O4S2. The average molecular weight is 486 g/mol. The van der Waals surface area contributed by atoms with Gasteiger partial charge in [0.05, 0.1) is 19.6 Å². The SMILES string of the molecule is Cc1csc(C(C)(O)C(=O)NNC(=S)NCC2CN(Cc3c(F)cccc3F)C(=O)O2)n1. The summed E-state index contributed by atoms with van der Waals surface area (Å²) in [6, 6.07) is 3.47. The number of cyclic esters (lactones) is 1. The zero-order valence-electron chi connectivity index (χ0n) is 17.1. The highest BCUT2D eigenvalue weighted by Crippen LogP contribution is 2.24. The molecule has 4 N–H and O–H groups in total. The number of aromatic nitrogens is 1. The number of ether oxygens (including phenoxy) is 1. The van der Waals surface area contributed by atoms with Crippen molar-refractivity contribution in [2.24, 2.45) is 0 Å². The number of thiocarbonyl (C=S) groups is 1. The first-order valence-electron chi connectivity index (χ1n) is 9.45. The molecular weight excluding hydrogens is 464 g/mol. The number of rotatable bonds is 6. The number of hydrogen-bond donors (Lipinski definition) is 4. The summed E-state index contributed by atoms with van der Waals surface area (Å²) in [5.74, 6) is -2.25. The molecule has 2 heterocycles. The van der Waals surface area contributed by atoms with Crippen LogP contribution < -0.4 is 16.2 Å². The van der Waals surface area contributed by atoms with Gasteiger partial charge in [0, 0.05) is 16.6 Å². The van der Waals surface area contributed by atoms with Crippen molar-refractivity contribution in [2.45, 2.75) is 32.1 Å². The number of aliphatic hydroxyl groups is 1. The fourth-order valence-electron chi connectivity index (χ4n) is 2.84. The Kier molecular flexibility index (Phi) is 7.21. The van der Waals surface area contributed by atoms with Gasteiger partial charge in [0.15, 0.2) is 10.7 Å². The maximum absolute atomic E-state index is 13.8. The van der Waals surface area contributed by atoms with Gasteiger partial charge in [-0.1, -0.05) is 6.07 Å². The molecule has 2 atom stereocenters. The predicted octanol–water partition coefficient (Wildman–Crippen LogP) is 1.45. The molecule has 13 heteroatoms. The van der Waals surface area contributed by atoms with Crippen LogP contribution in [-0.4, -0.2) is 51.3 Å². The van der Waals surface area contributed by atoms with Gasteiger partial charge in [-0.25, -0.2) is 18.6 Å². The van der Waals surface area contributed by atoms with Crippen molar-refractivity contribution in [3.05, 3.63) is 51.5 Å². The van der Waals surface area contributed by atoms with E-state index in [9.17, 15) is 23.5 Å². The number of aryl methyl sites for hydroxylation is 1. The second-order valence-corrected chi connectivity index (χ2v) is 8.51. The van der Waals surface area contributed by atoms with E-state index in [0.717, 1.165) is 23.5 Å². The minimum atomic E-state index is -1.86. The molecule has 0 radical (unpaired) electrons. The largest absolute Gasteiger partial charge is 0.442 e. The second kappa shape index (κ2) is 9.71. The van der Waals surface area contributed by atoms with Crippen LogP contribution >= 0.6 is 23.6 Å². The molecule has 1 saturated heterocycles. The lowest BCUT2D eigenvalue weighted by Crippen LogP contribution is -2.53. The Balaban J connectivity index is 1.45. The van der Waals surface area contributed by atoms with Crippen molar-refractivity contribution in [3.63, 3.8) is 0 Å². The molecule has 1 aromatic carbocycles. The second-order valence-electron chi connectivity index (χ2n) is 7.24. The molecule has 2 aromatic rings. The number of amides is 2. The number of hydrogen-bond acceptors (Lipinski definition) is 7. The number of thiazole rings is 1. The molecule has 1 fully saturated rings. The lowest BCUT2D eigenvalue weighted by molar-refractivity contribution is -0.139. The molecule has 2 amide bonds. The van der Waals surface area contributed by atoms with Crippen molar-refractivity contribution in [1.82, 2.24) is 26.1 Å². The van der Waals surface area contributed by atoms with E-state index in [2.05, 4.69) is 21.2 Å². The van der Waals surface area contributed by atoms with Crippen molar-refractivity contribution in [2.75, 3.05) is 13.1 Å². The third-order valence-corrected chi connectivity index (χ3v) is 6.04. The fraction of sp³-hybridized carbons (Fsp3) is 0.368. The number of carbonyl (C=O) groups excluding carboxylic acids is 2. The van der Waals surface area contributed by atoms with Crippen LogP contribution in [0.25, 0.3) is 0 Å². The number of nitrogens with one attached hydrogen (secondary N) is 3. The smallest absolute Gasteiger partial charge is 0.410 e. The first-order chi connectivity index (χ1) is 15.1. The van der Waals surface area contributed by atoms with Crippen LogP contribution in [0.1, 0.15) is 23.2 Å². The minimum absolute atomic E-state index is 0.0131. The van der Waals surface area contributed by atoms with Gasteiger partial charge in [-0.15, -0.1) is 11.3 Å². The van der Waals surface area contributed by atoms with Crippen molar-refractivity contribution >= 4 is 40.7 Å². The van der Waals surface area contributed by atoms with Crippen molar-refractivity contribution in [1.29, 1.82) is 0 Å². The topological polar surface area (TPSA) is 116 Å². The van der Waals surface area contributed by atoms with Gasteiger partial charge in [0.1, 0.15) is 22.7 Å². The zero-order chi connectivity index (χ0) is 23.5. The average Bonchev–Trinajstić information content (AvgIpc) is 3.33. The molecule has 172 valence electrons. The molecule has 1 aromatic heterocycles. The third-order valence-electron chi connectivity index (χ3n) is 4.62. The Morgan fingerprint density at radius 2 is 2.09 bits per heavy atom. The molecule has 0 aliphatic carbocycles. The number of nitrogens with zero attached hydrogens (tertiary/aromatic N) is 2. The number of halogens is 2. The van der Waals surface area contributed by atoms with E-state index in [0.29, 0.717) is 5.69 Å². The molecule has 1 aliphatic heterocycles. The molecule has 0 bridgehead atoms. The predicted molar refractivity (Wildman–Crippen MR) is 115 cm³/mol. The Morgan fingerprint density at radius 1 is 1.41 bits per heavy atom. The van der Waals surface area contributed by atoms with E-state index in [1.54, 1.807) is 12.3 Å². The number of hydrazine groups is 1. The van der Waals surface area contributed by atoms with Crippen LogP contribution in [-0.2, 0) is 21.7 Å². The van der Waals surface area contributed by atoms with Gasteiger partial charge in [-0.3, -0.25) is 20.5 Å². The van der Waals surface area contributed by atoms with E-state index < -0.39 is 35.3 Å². The Labute approximate surface area is 191 Å². The first-order valence-corrected chi connectivity index (χ1v) is 10.7. The number of carbonyl (C=O) groups is 2. The maximum atomic E-state index is 13.8. The van der Waals surface area contributed by atoms with Crippen molar-refractivity contribution in [3.8, 4) is 0 Å². The van der Waals surface area contributed by atoms with Gasteiger partial charge in [-0.05, 0) is 38.2 Å². The summed E-state index contributed by atoms with van der Waals surface area (Å²) < 4.78 is 32.8. The summed E-state index contributed by atoms with van der Waals surface area (Å²) in [5, 5.41) is 15.1. The summed E-state index contributed by atoms with van der Waals surface area (Å²) in [6.45, 7) is 2.97. The molecule has 9 nitrogen and oxygen atoms in total. The lowest BCUT2D eigenvalue weighted by Gasteiger charge is -2.21. The van der Waals surface area contributed by atoms with Crippen LogP contribution in [0, 0.1) is 18.6 Å². The Bertz CT molecular complexity index is 1010. The monoisotopic (exact) mass is 485 g/mol. The van der Waals surface area contributed by atoms with Gasteiger partial charge in [0.25, 0.3) is 5.91 Å². The zero-order valence-corrected chi connectivity index (χ0v) is 18.8.